The molecule has 0 N–H and O–H groups in total. The number of carbonyl (C=O) groups is 1. The SMILES string of the molecule is Cc1nccn1CC1CCN(C(=O)c2ccc(S(=O)(=O)N3CCOCC3)cc2)CC1. The minimum Gasteiger partial charge on any atom is -0.379 e. The van der Waals surface area contributed by atoms with Crippen molar-refractivity contribution in [3.8, 4) is 0 Å². The van der Waals surface area contributed by atoms with Crippen LogP contribution in [0.2, 0.25) is 0 Å². The molecule has 1 aromatic carbocycles. The van der Waals surface area contributed by atoms with Gasteiger partial charge in [-0.15, -0.1) is 0 Å². The number of aryl methyl sites for hydroxylation is 1. The molecule has 1 aromatic heterocycles. The minimum absolute atomic E-state index is 0.0393. The number of morpholine rings is 1. The average molecular weight is 433 g/mol. The molecule has 2 aliphatic rings. The van der Waals surface area contributed by atoms with Crippen molar-refractivity contribution in [3.05, 3.63) is 48.0 Å². The summed E-state index contributed by atoms with van der Waals surface area (Å²) in [6.45, 7) is 5.89. The van der Waals surface area contributed by atoms with E-state index in [0.29, 0.717) is 50.9 Å². The molecular weight excluding hydrogens is 404 g/mol. The van der Waals surface area contributed by atoms with Gasteiger partial charge in [-0.3, -0.25) is 4.79 Å². The van der Waals surface area contributed by atoms with Crippen LogP contribution < -0.4 is 0 Å². The zero-order chi connectivity index (χ0) is 21.1. The van der Waals surface area contributed by atoms with Gasteiger partial charge in [0.15, 0.2) is 0 Å². The third-order valence-electron chi connectivity index (χ3n) is 5.99. The van der Waals surface area contributed by atoms with Gasteiger partial charge >= 0.3 is 0 Å². The number of benzene rings is 1. The van der Waals surface area contributed by atoms with Gasteiger partial charge in [0.05, 0.1) is 18.1 Å². The summed E-state index contributed by atoms with van der Waals surface area (Å²) in [6, 6.07) is 6.31. The Labute approximate surface area is 177 Å². The molecule has 8 nitrogen and oxygen atoms in total. The molecular formula is C21H28N4O4S. The number of carbonyl (C=O) groups excluding carboxylic acids is 1. The zero-order valence-corrected chi connectivity index (χ0v) is 18.1. The third kappa shape index (κ3) is 4.43. The monoisotopic (exact) mass is 432 g/mol. The van der Waals surface area contributed by atoms with Gasteiger partial charge in [-0.05, 0) is 49.9 Å². The van der Waals surface area contributed by atoms with Crippen molar-refractivity contribution in [1.29, 1.82) is 0 Å². The molecule has 4 rings (SSSR count). The number of aromatic nitrogens is 2. The van der Waals surface area contributed by atoms with Crippen LogP contribution in [0.15, 0.2) is 41.6 Å². The summed E-state index contributed by atoms with van der Waals surface area (Å²) in [7, 11) is -3.54. The maximum Gasteiger partial charge on any atom is 0.253 e. The second-order valence-corrected chi connectivity index (χ2v) is 9.84. The van der Waals surface area contributed by atoms with Crippen LogP contribution in [0.5, 0.6) is 0 Å². The summed E-state index contributed by atoms with van der Waals surface area (Å²) in [4.78, 5) is 19.2. The van der Waals surface area contributed by atoms with E-state index in [2.05, 4.69) is 9.55 Å². The number of nitrogens with zero attached hydrogens (tertiary/aromatic N) is 4. The fraction of sp³-hybridized carbons (Fsp3) is 0.524. The molecule has 0 bridgehead atoms. The predicted molar refractivity (Wildman–Crippen MR) is 112 cm³/mol. The van der Waals surface area contributed by atoms with Gasteiger partial charge in [0, 0.05) is 50.7 Å². The summed E-state index contributed by atoms with van der Waals surface area (Å²) in [5.74, 6) is 1.51. The number of imidazole rings is 1. The average Bonchev–Trinajstić information content (AvgIpc) is 3.19. The molecule has 0 spiro atoms. The number of ether oxygens (including phenoxy) is 1. The number of likely N-dealkylation sites (tertiary alicyclic amines) is 1. The Kier molecular flexibility index (Phi) is 6.21. The molecule has 3 heterocycles. The van der Waals surface area contributed by atoms with E-state index in [4.69, 9.17) is 4.74 Å². The van der Waals surface area contributed by atoms with E-state index in [1.807, 2.05) is 24.2 Å². The van der Waals surface area contributed by atoms with Crippen molar-refractivity contribution in [1.82, 2.24) is 18.8 Å². The smallest absolute Gasteiger partial charge is 0.253 e. The molecule has 0 atom stereocenters. The zero-order valence-electron chi connectivity index (χ0n) is 17.2. The summed E-state index contributed by atoms with van der Waals surface area (Å²) in [5, 5.41) is 0. The quantitative estimate of drug-likeness (QED) is 0.719. The minimum atomic E-state index is -3.54. The molecule has 0 saturated carbocycles. The normalized spacial score (nSPS) is 19.2. The van der Waals surface area contributed by atoms with Gasteiger partial charge < -0.3 is 14.2 Å². The van der Waals surface area contributed by atoms with Crippen molar-refractivity contribution in [2.45, 2.75) is 31.2 Å². The Balaban J connectivity index is 1.35. The van der Waals surface area contributed by atoms with E-state index >= 15 is 0 Å². The lowest BCUT2D eigenvalue weighted by Gasteiger charge is -2.32. The van der Waals surface area contributed by atoms with Crippen LogP contribution in [-0.4, -0.2) is 72.5 Å². The van der Waals surface area contributed by atoms with E-state index in [-0.39, 0.29) is 10.8 Å². The Morgan fingerprint density at radius 2 is 1.77 bits per heavy atom. The van der Waals surface area contributed by atoms with Crippen LogP contribution in [0, 0.1) is 12.8 Å². The van der Waals surface area contributed by atoms with Crippen LogP contribution >= 0.6 is 0 Å². The Hall–Kier alpha value is -2.23. The van der Waals surface area contributed by atoms with Crippen LogP contribution in [-0.2, 0) is 21.3 Å². The highest BCUT2D eigenvalue weighted by molar-refractivity contribution is 7.89. The first kappa shape index (κ1) is 21.0. The summed E-state index contributed by atoms with van der Waals surface area (Å²) >= 11 is 0. The second-order valence-electron chi connectivity index (χ2n) is 7.90. The molecule has 162 valence electrons. The van der Waals surface area contributed by atoms with Crippen LogP contribution in [0.3, 0.4) is 0 Å². The standard InChI is InChI=1S/C21H28N4O4S/c1-17-22-8-11-24(17)16-18-6-9-23(10-7-18)21(26)19-2-4-20(5-3-19)30(27,28)25-12-14-29-15-13-25/h2-5,8,11,18H,6-7,9-10,12-16H2,1H3. The molecule has 0 radical (unpaired) electrons. The number of amides is 1. The van der Waals surface area contributed by atoms with Crippen LogP contribution in [0.25, 0.3) is 0 Å². The van der Waals surface area contributed by atoms with Crippen molar-refractivity contribution >= 4 is 15.9 Å². The highest BCUT2D eigenvalue weighted by Gasteiger charge is 2.27. The molecule has 0 aliphatic carbocycles. The number of sulfonamides is 1. The Morgan fingerprint density at radius 1 is 1.10 bits per heavy atom. The maximum atomic E-state index is 12.9. The molecule has 2 aromatic rings. The van der Waals surface area contributed by atoms with Gasteiger partial charge in [-0.1, -0.05) is 0 Å². The van der Waals surface area contributed by atoms with E-state index in [1.54, 1.807) is 12.1 Å². The fourth-order valence-corrected chi connectivity index (χ4v) is 5.49. The second kappa shape index (κ2) is 8.87. The third-order valence-corrected chi connectivity index (χ3v) is 7.90. The van der Waals surface area contributed by atoms with Gasteiger partial charge in [0.2, 0.25) is 10.0 Å². The predicted octanol–water partition coefficient (Wildman–Crippen LogP) is 1.76. The van der Waals surface area contributed by atoms with E-state index < -0.39 is 10.0 Å². The largest absolute Gasteiger partial charge is 0.379 e. The fourth-order valence-electron chi connectivity index (χ4n) is 4.08. The first-order chi connectivity index (χ1) is 14.4. The van der Waals surface area contributed by atoms with Crippen LogP contribution in [0.4, 0.5) is 0 Å². The highest BCUT2D eigenvalue weighted by atomic mass is 32.2. The topological polar surface area (TPSA) is 84.7 Å². The molecule has 0 unspecified atom stereocenters. The lowest BCUT2D eigenvalue weighted by Crippen LogP contribution is -2.40. The first-order valence-corrected chi connectivity index (χ1v) is 11.8. The van der Waals surface area contributed by atoms with Crippen molar-refractivity contribution in [2.75, 3.05) is 39.4 Å². The van der Waals surface area contributed by atoms with Gasteiger partial charge in [-0.25, -0.2) is 13.4 Å². The number of piperidine rings is 1. The van der Waals surface area contributed by atoms with Crippen molar-refractivity contribution in [2.24, 2.45) is 5.92 Å². The molecule has 1 amide bonds. The lowest BCUT2D eigenvalue weighted by atomic mass is 9.96. The van der Waals surface area contributed by atoms with E-state index in [1.165, 1.54) is 16.4 Å². The van der Waals surface area contributed by atoms with Crippen molar-refractivity contribution in [3.63, 3.8) is 0 Å². The van der Waals surface area contributed by atoms with Gasteiger partial charge in [-0.2, -0.15) is 4.31 Å². The first-order valence-electron chi connectivity index (χ1n) is 10.4. The molecule has 2 aliphatic heterocycles. The number of hydrogen-bond acceptors (Lipinski definition) is 5. The van der Waals surface area contributed by atoms with E-state index in [0.717, 1.165) is 25.2 Å². The summed E-state index contributed by atoms with van der Waals surface area (Å²) < 4.78 is 34.3. The number of rotatable bonds is 5. The molecule has 2 saturated heterocycles. The van der Waals surface area contributed by atoms with E-state index in [9.17, 15) is 13.2 Å². The lowest BCUT2D eigenvalue weighted by molar-refractivity contribution is 0.0682. The summed E-state index contributed by atoms with van der Waals surface area (Å²) in [6.07, 6.45) is 5.72. The van der Waals surface area contributed by atoms with Crippen LogP contribution in [0.1, 0.15) is 29.0 Å². The molecule has 9 heteroatoms. The number of hydrogen-bond donors (Lipinski definition) is 0. The Morgan fingerprint density at radius 3 is 2.37 bits per heavy atom. The van der Waals surface area contributed by atoms with Gasteiger partial charge in [0.1, 0.15) is 5.82 Å². The molecule has 2 fully saturated rings. The Bertz CT molecular complexity index is 973. The summed E-state index contributed by atoms with van der Waals surface area (Å²) in [5.41, 5.74) is 0.528. The highest BCUT2D eigenvalue weighted by Crippen LogP contribution is 2.23. The van der Waals surface area contributed by atoms with Gasteiger partial charge in [0.25, 0.3) is 5.91 Å². The maximum absolute atomic E-state index is 12.9. The molecule has 30 heavy (non-hydrogen) atoms. The van der Waals surface area contributed by atoms with Crippen molar-refractivity contribution < 1.29 is 17.9 Å².